The van der Waals surface area contributed by atoms with Crippen LogP contribution in [0.4, 0.5) is 0 Å². The van der Waals surface area contributed by atoms with Crippen molar-refractivity contribution in [2.75, 3.05) is 19.7 Å². The number of ether oxygens (including phenoxy) is 1. The molecule has 0 aliphatic carbocycles. The number of amides is 1. The molecule has 0 spiro atoms. The van der Waals surface area contributed by atoms with E-state index in [1.54, 1.807) is 0 Å². The Morgan fingerprint density at radius 2 is 2.25 bits per heavy atom. The van der Waals surface area contributed by atoms with Crippen molar-refractivity contribution >= 4 is 5.91 Å². The topological polar surface area (TPSA) is 50.4 Å². The smallest absolute Gasteiger partial charge is 0.246 e. The summed E-state index contributed by atoms with van der Waals surface area (Å²) < 4.78 is 5.26. The van der Waals surface area contributed by atoms with Crippen LogP contribution >= 0.6 is 0 Å². The van der Waals surface area contributed by atoms with Gasteiger partial charge in [-0.3, -0.25) is 4.79 Å². The first-order valence-electron chi connectivity index (χ1n) is 6.21. The van der Waals surface area contributed by atoms with E-state index in [9.17, 15) is 4.79 Å². The van der Waals surface area contributed by atoms with Crippen molar-refractivity contribution in [2.45, 2.75) is 45.8 Å². The van der Waals surface area contributed by atoms with Crippen LogP contribution in [0.15, 0.2) is 0 Å². The molecule has 1 fully saturated rings. The molecular weight excluding hydrogens is 204 g/mol. The maximum absolute atomic E-state index is 11.5. The molecule has 1 saturated heterocycles. The first-order valence-corrected chi connectivity index (χ1v) is 6.21. The van der Waals surface area contributed by atoms with Gasteiger partial charge >= 0.3 is 0 Å². The molecular formula is C12H24N2O2. The number of carbonyl (C=O) groups excluding carboxylic acids is 1. The lowest BCUT2D eigenvalue weighted by atomic mass is 9.93. The highest BCUT2D eigenvalue weighted by Gasteiger charge is 2.21. The van der Waals surface area contributed by atoms with Gasteiger partial charge in [0.15, 0.2) is 0 Å². The van der Waals surface area contributed by atoms with E-state index < -0.39 is 0 Å². The molecule has 1 aliphatic rings. The molecule has 0 aromatic carbocycles. The fourth-order valence-electron chi connectivity index (χ4n) is 1.96. The molecule has 0 aromatic rings. The van der Waals surface area contributed by atoms with Crippen LogP contribution in [0.1, 0.15) is 33.6 Å². The van der Waals surface area contributed by atoms with Gasteiger partial charge in [0.1, 0.15) is 6.61 Å². The summed E-state index contributed by atoms with van der Waals surface area (Å²) in [6, 6.07) is 0.232. The second-order valence-corrected chi connectivity index (χ2v) is 4.82. The second-order valence-electron chi connectivity index (χ2n) is 4.82. The van der Waals surface area contributed by atoms with Crippen molar-refractivity contribution in [1.82, 2.24) is 10.6 Å². The average Bonchev–Trinajstić information content (AvgIpc) is 2.27. The third kappa shape index (κ3) is 4.94. The fourth-order valence-corrected chi connectivity index (χ4v) is 1.96. The minimum Gasteiger partial charge on any atom is -0.369 e. The maximum Gasteiger partial charge on any atom is 0.246 e. The summed E-state index contributed by atoms with van der Waals surface area (Å²) >= 11 is 0. The van der Waals surface area contributed by atoms with Gasteiger partial charge in [0.25, 0.3) is 0 Å². The monoisotopic (exact) mass is 228 g/mol. The Bertz CT molecular complexity index is 213. The summed E-state index contributed by atoms with van der Waals surface area (Å²) in [6.45, 7) is 8.22. The van der Waals surface area contributed by atoms with Gasteiger partial charge in [-0.2, -0.15) is 0 Å². The number of hydrogen-bond donors (Lipinski definition) is 2. The van der Waals surface area contributed by atoms with Crippen molar-refractivity contribution in [3.05, 3.63) is 0 Å². The number of rotatable bonds is 5. The molecule has 16 heavy (non-hydrogen) atoms. The zero-order chi connectivity index (χ0) is 12.0. The lowest BCUT2D eigenvalue weighted by Gasteiger charge is -2.29. The highest BCUT2D eigenvalue weighted by molar-refractivity contribution is 5.77. The number of nitrogens with one attached hydrogen (secondary N) is 2. The van der Waals surface area contributed by atoms with E-state index in [-0.39, 0.29) is 24.7 Å². The zero-order valence-electron chi connectivity index (χ0n) is 10.6. The lowest BCUT2D eigenvalue weighted by Crippen LogP contribution is -2.45. The average molecular weight is 228 g/mol. The van der Waals surface area contributed by atoms with Crippen molar-refractivity contribution in [2.24, 2.45) is 5.92 Å². The summed E-state index contributed by atoms with van der Waals surface area (Å²) in [5, 5.41) is 6.36. The largest absolute Gasteiger partial charge is 0.369 e. The molecule has 1 aliphatic heterocycles. The molecule has 94 valence electrons. The van der Waals surface area contributed by atoms with Gasteiger partial charge in [-0.05, 0) is 52.6 Å². The quantitative estimate of drug-likeness (QED) is 0.735. The van der Waals surface area contributed by atoms with E-state index in [4.69, 9.17) is 4.74 Å². The summed E-state index contributed by atoms with van der Waals surface area (Å²) in [4.78, 5) is 11.5. The molecule has 0 aromatic heterocycles. The summed E-state index contributed by atoms with van der Waals surface area (Å²) in [7, 11) is 0. The maximum atomic E-state index is 11.5. The Balaban J connectivity index is 2.21. The van der Waals surface area contributed by atoms with Crippen LogP contribution in [0.3, 0.4) is 0 Å². The Morgan fingerprint density at radius 3 is 2.81 bits per heavy atom. The van der Waals surface area contributed by atoms with Crippen molar-refractivity contribution in [3.63, 3.8) is 0 Å². The van der Waals surface area contributed by atoms with Gasteiger partial charge in [-0.25, -0.2) is 0 Å². The van der Waals surface area contributed by atoms with Crippen LogP contribution in [0.2, 0.25) is 0 Å². The van der Waals surface area contributed by atoms with Crippen LogP contribution in [-0.2, 0) is 9.53 Å². The predicted molar refractivity (Wildman–Crippen MR) is 64.3 cm³/mol. The fraction of sp³-hybridized carbons (Fsp3) is 0.917. The summed E-state index contributed by atoms with van der Waals surface area (Å²) in [6.07, 6.45) is 2.50. The Hall–Kier alpha value is -0.610. The van der Waals surface area contributed by atoms with E-state index in [2.05, 4.69) is 17.6 Å². The number of piperidine rings is 1. The van der Waals surface area contributed by atoms with Gasteiger partial charge in [0.2, 0.25) is 5.91 Å². The van der Waals surface area contributed by atoms with E-state index in [0.717, 1.165) is 13.1 Å². The Morgan fingerprint density at radius 1 is 1.50 bits per heavy atom. The van der Waals surface area contributed by atoms with Gasteiger partial charge in [-0.15, -0.1) is 0 Å². The molecule has 2 unspecified atom stereocenters. The van der Waals surface area contributed by atoms with Crippen molar-refractivity contribution in [1.29, 1.82) is 0 Å². The van der Waals surface area contributed by atoms with E-state index in [1.807, 2.05) is 13.8 Å². The first kappa shape index (κ1) is 13.5. The predicted octanol–water partition coefficient (Wildman–Crippen LogP) is 0.916. The molecule has 1 heterocycles. The Labute approximate surface area is 98.1 Å². The van der Waals surface area contributed by atoms with E-state index in [1.165, 1.54) is 12.8 Å². The molecule has 4 nitrogen and oxygen atoms in total. The highest BCUT2D eigenvalue weighted by atomic mass is 16.5. The SMILES string of the molecule is CC(C)OCC(=O)NC(C)C1CCCNC1. The van der Waals surface area contributed by atoms with Gasteiger partial charge in [-0.1, -0.05) is 0 Å². The molecule has 1 rings (SSSR count). The Kier molecular flexibility index (Phi) is 5.77. The summed E-state index contributed by atoms with van der Waals surface area (Å²) in [5.74, 6) is 0.545. The molecule has 0 saturated carbocycles. The van der Waals surface area contributed by atoms with Crippen LogP contribution in [0, 0.1) is 5.92 Å². The highest BCUT2D eigenvalue weighted by Crippen LogP contribution is 2.13. The van der Waals surface area contributed by atoms with Crippen molar-refractivity contribution < 1.29 is 9.53 Å². The zero-order valence-corrected chi connectivity index (χ0v) is 10.6. The molecule has 0 bridgehead atoms. The lowest BCUT2D eigenvalue weighted by molar-refractivity contribution is -0.128. The third-order valence-electron chi connectivity index (χ3n) is 2.98. The van der Waals surface area contributed by atoms with Crippen LogP contribution < -0.4 is 10.6 Å². The normalized spacial score (nSPS) is 23.1. The van der Waals surface area contributed by atoms with Gasteiger partial charge in [0.05, 0.1) is 6.10 Å². The number of carbonyl (C=O) groups is 1. The molecule has 0 radical (unpaired) electrons. The number of hydrogen-bond acceptors (Lipinski definition) is 3. The standard InChI is InChI=1S/C12H24N2O2/c1-9(2)16-8-12(15)14-10(3)11-5-4-6-13-7-11/h9-11,13H,4-8H2,1-3H3,(H,14,15). The molecule has 1 amide bonds. The third-order valence-corrected chi connectivity index (χ3v) is 2.98. The van der Waals surface area contributed by atoms with Crippen LogP contribution in [-0.4, -0.2) is 37.7 Å². The minimum absolute atomic E-state index is 0.00762. The van der Waals surface area contributed by atoms with Crippen LogP contribution in [0.25, 0.3) is 0 Å². The summed E-state index contributed by atoms with van der Waals surface area (Å²) in [5.41, 5.74) is 0. The van der Waals surface area contributed by atoms with Crippen molar-refractivity contribution in [3.8, 4) is 0 Å². The van der Waals surface area contributed by atoms with Gasteiger partial charge < -0.3 is 15.4 Å². The second kappa shape index (κ2) is 6.86. The first-order chi connectivity index (χ1) is 7.59. The van der Waals surface area contributed by atoms with Gasteiger partial charge in [0, 0.05) is 6.04 Å². The molecule has 2 N–H and O–H groups in total. The minimum atomic E-state index is -0.00762. The van der Waals surface area contributed by atoms with Crippen LogP contribution in [0.5, 0.6) is 0 Å². The van der Waals surface area contributed by atoms with E-state index >= 15 is 0 Å². The molecule has 4 heteroatoms. The van der Waals surface area contributed by atoms with E-state index in [0.29, 0.717) is 5.92 Å². The molecule has 2 atom stereocenters.